The number of rotatable bonds is 8. The lowest BCUT2D eigenvalue weighted by Crippen LogP contribution is -2.29. The summed E-state index contributed by atoms with van der Waals surface area (Å²) in [6.45, 7) is 10.3. The quantitative estimate of drug-likeness (QED) is 0.523. The first-order valence-electron chi connectivity index (χ1n) is 6.66. The van der Waals surface area contributed by atoms with Gasteiger partial charge >= 0.3 is 7.82 Å². The van der Waals surface area contributed by atoms with Crippen LogP contribution in [0.15, 0.2) is 24.3 Å². The van der Waals surface area contributed by atoms with Gasteiger partial charge in [0.15, 0.2) is 0 Å². The van der Waals surface area contributed by atoms with Crippen LogP contribution in [0.5, 0.6) is 11.5 Å². The number of benzene rings is 1. The lowest BCUT2D eigenvalue weighted by Gasteiger charge is -2.20. The third-order valence-corrected chi connectivity index (χ3v) is 4.47. The van der Waals surface area contributed by atoms with E-state index in [9.17, 15) is 4.57 Å². The summed E-state index contributed by atoms with van der Waals surface area (Å²) in [5, 5.41) is 0. The minimum atomic E-state index is -3.53. The molecule has 0 amide bonds. The van der Waals surface area contributed by atoms with Crippen LogP contribution >= 0.6 is 7.82 Å². The van der Waals surface area contributed by atoms with Crippen molar-refractivity contribution in [3.63, 3.8) is 0 Å². The van der Waals surface area contributed by atoms with Gasteiger partial charge < -0.3 is 8.95 Å². The van der Waals surface area contributed by atoms with Gasteiger partial charge in [-0.3, -0.25) is 9.05 Å². The Labute approximate surface area is 121 Å². The van der Waals surface area contributed by atoms with E-state index in [4.69, 9.17) is 18.0 Å². The molecule has 0 aliphatic heterocycles. The van der Waals surface area contributed by atoms with Crippen molar-refractivity contribution < 1.29 is 22.6 Å². The third kappa shape index (κ3) is 6.09. The summed E-state index contributed by atoms with van der Waals surface area (Å²) < 4.78 is 33.5. The van der Waals surface area contributed by atoms with Crippen LogP contribution in [-0.4, -0.2) is 21.5 Å². The van der Waals surface area contributed by atoms with E-state index in [2.05, 4.69) is 19.6 Å². The van der Waals surface area contributed by atoms with E-state index in [1.807, 2.05) is 0 Å². The molecule has 0 saturated carbocycles. The van der Waals surface area contributed by atoms with Gasteiger partial charge in [0.2, 0.25) is 8.32 Å². The molecule has 0 radical (unpaired) electrons. The number of hydrogen-bond acceptors (Lipinski definition) is 5. The summed E-state index contributed by atoms with van der Waals surface area (Å²) in [6.07, 6.45) is 0. The van der Waals surface area contributed by atoms with Crippen molar-refractivity contribution >= 4 is 16.1 Å². The molecule has 0 aliphatic carbocycles. The molecule has 0 saturated heterocycles. The molecule has 1 rings (SSSR count). The minimum absolute atomic E-state index is 0.258. The second-order valence-electron chi connectivity index (χ2n) is 5.06. The maximum absolute atomic E-state index is 12.2. The van der Waals surface area contributed by atoms with E-state index in [1.54, 1.807) is 38.1 Å². The predicted octanol–water partition coefficient (Wildman–Crippen LogP) is 4.46. The highest BCUT2D eigenvalue weighted by Crippen LogP contribution is 2.49. The maximum Gasteiger partial charge on any atom is 0.530 e. The van der Waals surface area contributed by atoms with Gasteiger partial charge in [-0.1, -0.05) is 0 Å². The Balaban J connectivity index is 2.75. The molecule has 1 aromatic carbocycles. The van der Waals surface area contributed by atoms with Crippen LogP contribution < -0.4 is 8.95 Å². The van der Waals surface area contributed by atoms with Crippen LogP contribution in [0.1, 0.15) is 13.8 Å². The Morgan fingerprint density at radius 1 is 0.950 bits per heavy atom. The second kappa shape index (κ2) is 7.27. The smallest absolute Gasteiger partial charge is 0.530 e. The third-order valence-electron chi connectivity index (χ3n) is 2.04. The fourth-order valence-corrected chi connectivity index (χ4v) is 3.49. The first-order chi connectivity index (χ1) is 9.28. The van der Waals surface area contributed by atoms with Crippen molar-refractivity contribution in [3.8, 4) is 11.5 Å². The molecule has 114 valence electrons. The van der Waals surface area contributed by atoms with E-state index in [-0.39, 0.29) is 13.2 Å². The number of hydrogen-bond donors (Lipinski definition) is 0. The summed E-state index contributed by atoms with van der Waals surface area (Å²) in [7, 11) is -5.16. The summed E-state index contributed by atoms with van der Waals surface area (Å²) in [5.41, 5.74) is 0. The van der Waals surface area contributed by atoms with Crippen LogP contribution in [-0.2, 0) is 13.6 Å². The standard InChI is InChI=1S/C13H23O5PSi/c1-6-15-19(14,16-7-2)17-12-8-10-13(11-9-12)18-20(3,4)5/h8-11H,6-7H2,1-5H3. The lowest BCUT2D eigenvalue weighted by atomic mass is 10.3. The van der Waals surface area contributed by atoms with E-state index in [0.717, 1.165) is 5.75 Å². The Morgan fingerprint density at radius 3 is 1.80 bits per heavy atom. The second-order valence-corrected chi connectivity index (χ2v) is 11.1. The first-order valence-corrected chi connectivity index (χ1v) is 11.5. The summed E-state index contributed by atoms with van der Waals surface area (Å²) in [4.78, 5) is 0. The molecule has 0 aromatic heterocycles. The molecular formula is C13H23O5PSi. The molecule has 0 spiro atoms. The Bertz CT molecular complexity index is 445. The number of phosphoric acid groups is 1. The zero-order valence-corrected chi connectivity index (χ0v) is 14.6. The molecule has 0 unspecified atom stereocenters. The fourth-order valence-electron chi connectivity index (χ4n) is 1.46. The van der Waals surface area contributed by atoms with Gasteiger partial charge in [0.05, 0.1) is 13.2 Å². The van der Waals surface area contributed by atoms with Crippen molar-refractivity contribution in [2.24, 2.45) is 0 Å². The molecule has 0 N–H and O–H groups in total. The summed E-state index contributed by atoms with van der Waals surface area (Å²) >= 11 is 0. The van der Waals surface area contributed by atoms with Crippen LogP contribution in [0.25, 0.3) is 0 Å². The highest BCUT2D eigenvalue weighted by Gasteiger charge is 2.27. The fraction of sp³-hybridized carbons (Fsp3) is 0.538. The van der Waals surface area contributed by atoms with Crippen molar-refractivity contribution in [2.45, 2.75) is 33.5 Å². The van der Waals surface area contributed by atoms with Crippen LogP contribution in [0.4, 0.5) is 0 Å². The molecular weight excluding hydrogens is 295 g/mol. The molecule has 20 heavy (non-hydrogen) atoms. The molecule has 7 heteroatoms. The molecule has 0 heterocycles. The maximum atomic E-state index is 12.2. The van der Waals surface area contributed by atoms with Gasteiger partial charge in [-0.05, 0) is 57.8 Å². The topological polar surface area (TPSA) is 54.0 Å². The van der Waals surface area contributed by atoms with Gasteiger partial charge in [-0.25, -0.2) is 4.57 Å². The van der Waals surface area contributed by atoms with Gasteiger partial charge in [0, 0.05) is 0 Å². The summed E-state index contributed by atoms with van der Waals surface area (Å²) in [5.74, 6) is 1.21. The van der Waals surface area contributed by atoms with Crippen LogP contribution in [0, 0.1) is 0 Å². The zero-order valence-electron chi connectivity index (χ0n) is 12.7. The van der Waals surface area contributed by atoms with Gasteiger partial charge in [0.1, 0.15) is 11.5 Å². The Hall–Kier alpha value is -0.813. The van der Waals surface area contributed by atoms with Crippen molar-refractivity contribution in [2.75, 3.05) is 13.2 Å². The molecule has 1 aromatic rings. The van der Waals surface area contributed by atoms with E-state index in [1.165, 1.54) is 0 Å². The molecule has 0 aliphatic rings. The van der Waals surface area contributed by atoms with E-state index in [0.29, 0.717) is 5.75 Å². The average Bonchev–Trinajstić information content (AvgIpc) is 2.30. The molecule has 0 fully saturated rings. The van der Waals surface area contributed by atoms with Crippen molar-refractivity contribution in [3.05, 3.63) is 24.3 Å². The van der Waals surface area contributed by atoms with Crippen molar-refractivity contribution in [1.29, 1.82) is 0 Å². The average molecular weight is 318 g/mol. The largest absolute Gasteiger partial charge is 0.544 e. The lowest BCUT2D eigenvalue weighted by molar-refractivity contribution is 0.167. The van der Waals surface area contributed by atoms with Gasteiger partial charge in [-0.15, -0.1) is 0 Å². The van der Waals surface area contributed by atoms with Crippen LogP contribution in [0.3, 0.4) is 0 Å². The molecule has 0 atom stereocenters. The van der Waals surface area contributed by atoms with Crippen LogP contribution in [0.2, 0.25) is 19.6 Å². The van der Waals surface area contributed by atoms with Gasteiger partial charge in [-0.2, -0.15) is 0 Å². The first kappa shape index (κ1) is 17.2. The summed E-state index contributed by atoms with van der Waals surface area (Å²) in [6, 6.07) is 6.96. The normalized spacial score (nSPS) is 12.2. The van der Waals surface area contributed by atoms with Crippen molar-refractivity contribution in [1.82, 2.24) is 0 Å². The highest BCUT2D eigenvalue weighted by molar-refractivity contribution is 7.48. The number of phosphoric ester groups is 1. The Kier molecular flexibility index (Phi) is 6.26. The van der Waals surface area contributed by atoms with E-state index < -0.39 is 16.1 Å². The zero-order chi connectivity index (χ0) is 15.2. The van der Waals surface area contributed by atoms with Gasteiger partial charge in [0.25, 0.3) is 0 Å². The van der Waals surface area contributed by atoms with E-state index >= 15 is 0 Å². The SMILES string of the molecule is CCOP(=O)(OCC)Oc1ccc(O[Si](C)(C)C)cc1. The Morgan fingerprint density at radius 2 is 1.40 bits per heavy atom. The minimum Gasteiger partial charge on any atom is -0.544 e. The monoisotopic (exact) mass is 318 g/mol. The molecule has 0 bridgehead atoms. The molecule has 5 nitrogen and oxygen atoms in total. The highest BCUT2D eigenvalue weighted by atomic mass is 31.2. The predicted molar refractivity (Wildman–Crippen MR) is 81.9 cm³/mol.